The molecule has 0 saturated heterocycles. The predicted molar refractivity (Wildman–Crippen MR) is 203 cm³/mol. The Balaban J connectivity index is 5.61. The topological polar surface area (TPSA) is 105 Å². The number of hydrogen-bond donors (Lipinski definition) is 0. The van der Waals surface area contributed by atoms with Crippen molar-refractivity contribution in [1.29, 1.82) is 0 Å². The van der Waals surface area contributed by atoms with Crippen molar-refractivity contribution in [2.45, 2.75) is 214 Å². The Morgan fingerprint density at radius 1 is 0.320 bits per heavy atom. The van der Waals surface area contributed by atoms with Crippen molar-refractivity contribution in [3.8, 4) is 0 Å². The SMILES string of the molecule is CCCCCCCCCOC(=O)CC(C(=O)OCCCCCCCCC)(C(=O)OCCCCCCCCC)C(=O)OCCCCCCCCC. The third-order valence-electron chi connectivity index (χ3n) is 9.41. The minimum absolute atomic E-state index is 0.0531. The summed E-state index contributed by atoms with van der Waals surface area (Å²) in [6.07, 6.45) is 28.1. The Morgan fingerprint density at radius 3 is 0.800 bits per heavy atom. The molecule has 0 aromatic rings. The number of ether oxygens (including phenoxy) is 4. The Hall–Kier alpha value is -2.12. The lowest BCUT2D eigenvalue weighted by Gasteiger charge is -2.27. The van der Waals surface area contributed by atoms with E-state index in [0.29, 0.717) is 25.7 Å². The van der Waals surface area contributed by atoms with Crippen LogP contribution in [0, 0.1) is 5.41 Å². The van der Waals surface area contributed by atoms with Crippen molar-refractivity contribution in [3.63, 3.8) is 0 Å². The molecule has 0 aromatic carbocycles. The van der Waals surface area contributed by atoms with E-state index >= 15 is 0 Å². The maximum Gasteiger partial charge on any atom is 0.335 e. The zero-order valence-electron chi connectivity index (χ0n) is 33.1. The first-order valence-electron chi connectivity index (χ1n) is 21.1. The summed E-state index contributed by atoms with van der Waals surface area (Å²) in [6, 6.07) is 0. The molecule has 294 valence electrons. The number of carbonyl (C=O) groups excluding carboxylic acids is 4. The number of carbonyl (C=O) groups is 4. The van der Waals surface area contributed by atoms with Crippen LogP contribution in [-0.2, 0) is 38.1 Å². The number of rotatable bonds is 37. The van der Waals surface area contributed by atoms with Crippen molar-refractivity contribution in [2.24, 2.45) is 5.41 Å². The van der Waals surface area contributed by atoms with Gasteiger partial charge in [0.05, 0.1) is 32.8 Å². The molecule has 0 radical (unpaired) electrons. The van der Waals surface area contributed by atoms with Gasteiger partial charge in [-0.1, -0.05) is 182 Å². The van der Waals surface area contributed by atoms with Crippen LogP contribution in [0.15, 0.2) is 0 Å². The molecule has 0 unspecified atom stereocenters. The van der Waals surface area contributed by atoms with Crippen LogP contribution in [0.3, 0.4) is 0 Å². The van der Waals surface area contributed by atoms with E-state index in [9.17, 15) is 19.2 Å². The molecule has 0 amide bonds. The molecule has 0 rings (SSSR count). The van der Waals surface area contributed by atoms with E-state index in [4.69, 9.17) is 18.9 Å². The molecule has 0 atom stereocenters. The average Bonchev–Trinajstić information content (AvgIpc) is 3.11. The summed E-state index contributed by atoms with van der Waals surface area (Å²) in [5.41, 5.74) is -2.54. The summed E-state index contributed by atoms with van der Waals surface area (Å²) < 4.78 is 22.2. The fourth-order valence-electron chi connectivity index (χ4n) is 6.02. The lowest BCUT2D eigenvalue weighted by Crippen LogP contribution is -2.51. The summed E-state index contributed by atoms with van der Waals surface area (Å²) in [6.45, 7) is 9.04. The molecule has 0 fully saturated rings. The number of unbranched alkanes of at least 4 members (excludes halogenated alkanes) is 24. The highest BCUT2D eigenvalue weighted by molar-refractivity contribution is 6.19. The van der Waals surface area contributed by atoms with Gasteiger partial charge in [0, 0.05) is 0 Å². The maximum absolute atomic E-state index is 13.8. The van der Waals surface area contributed by atoms with Gasteiger partial charge in [-0.2, -0.15) is 0 Å². The van der Waals surface area contributed by atoms with Crippen LogP contribution in [0.4, 0.5) is 0 Å². The Kier molecular flexibility index (Phi) is 33.8. The van der Waals surface area contributed by atoms with Gasteiger partial charge < -0.3 is 18.9 Å². The zero-order chi connectivity index (χ0) is 37.0. The lowest BCUT2D eigenvalue weighted by atomic mass is 9.84. The normalized spacial score (nSPS) is 11.4. The smallest absolute Gasteiger partial charge is 0.335 e. The molecule has 8 nitrogen and oxygen atoms in total. The van der Waals surface area contributed by atoms with Crippen LogP contribution < -0.4 is 0 Å². The molecule has 0 heterocycles. The first-order valence-corrected chi connectivity index (χ1v) is 21.1. The Morgan fingerprint density at radius 2 is 0.540 bits per heavy atom. The minimum Gasteiger partial charge on any atom is -0.466 e. The number of hydrogen-bond acceptors (Lipinski definition) is 8. The highest BCUT2D eigenvalue weighted by atomic mass is 16.6. The maximum atomic E-state index is 13.8. The van der Waals surface area contributed by atoms with Gasteiger partial charge in [-0.3, -0.25) is 19.2 Å². The van der Waals surface area contributed by atoms with Crippen molar-refractivity contribution in [1.82, 2.24) is 0 Å². The minimum atomic E-state index is -2.54. The van der Waals surface area contributed by atoms with Crippen molar-refractivity contribution < 1.29 is 38.1 Å². The predicted octanol–water partition coefficient (Wildman–Crippen LogP) is 11.5. The highest BCUT2D eigenvalue weighted by Crippen LogP contribution is 2.30. The van der Waals surface area contributed by atoms with Gasteiger partial charge in [0.2, 0.25) is 0 Å². The number of esters is 4. The van der Waals surface area contributed by atoms with E-state index in [1.54, 1.807) is 0 Å². The summed E-state index contributed by atoms with van der Waals surface area (Å²) in [7, 11) is 0. The molecular formula is C42H78O8. The first kappa shape index (κ1) is 47.9. The Bertz CT molecular complexity index is 748. The summed E-state index contributed by atoms with van der Waals surface area (Å²) in [5.74, 6) is -4.04. The van der Waals surface area contributed by atoms with Gasteiger partial charge in [0.25, 0.3) is 5.41 Å². The molecule has 0 aliphatic rings. The summed E-state index contributed by atoms with van der Waals surface area (Å²) in [4.78, 5) is 54.6. The van der Waals surface area contributed by atoms with Gasteiger partial charge in [0.1, 0.15) is 0 Å². The lowest BCUT2D eigenvalue weighted by molar-refractivity contribution is -0.188. The zero-order valence-corrected chi connectivity index (χ0v) is 33.1. The highest BCUT2D eigenvalue weighted by Gasteiger charge is 2.59. The Labute approximate surface area is 307 Å². The van der Waals surface area contributed by atoms with Gasteiger partial charge in [-0.25, -0.2) is 0 Å². The van der Waals surface area contributed by atoms with Gasteiger partial charge in [0.15, 0.2) is 0 Å². The quantitative estimate of drug-likeness (QED) is 0.0271. The molecule has 0 aliphatic heterocycles. The fraction of sp³-hybridized carbons (Fsp3) is 0.905. The first-order chi connectivity index (χ1) is 24.4. The molecule has 0 saturated carbocycles. The molecule has 0 bridgehead atoms. The standard InChI is InChI=1S/C42H78O8/c1-5-9-13-17-21-25-29-33-47-38(43)37-42(39(44)48-34-30-26-22-18-14-10-6-2,40(45)49-35-31-27-23-19-15-11-7-3)41(46)50-36-32-28-24-20-16-12-8-4/h5-37H2,1-4H3. The largest absolute Gasteiger partial charge is 0.466 e. The molecule has 0 N–H and O–H groups in total. The van der Waals surface area contributed by atoms with Crippen LogP contribution in [-0.4, -0.2) is 50.3 Å². The third kappa shape index (κ3) is 24.9. The van der Waals surface area contributed by atoms with Gasteiger partial charge in [-0.05, 0) is 25.7 Å². The van der Waals surface area contributed by atoms with Crippen LogP contribution in [0.2, 0.25) is 0 Å². The average molecular weight is 711 g/mol. The van der Waals surface area contributed by atoms with Gasteiger partial charge in [-0.15, -0.1) is 0 Å². The van der Waals surface area contributed by atoms with Crippen LogP contribution in [0.1, 0.15) is 214 Å². The van der Waals surface area contributed by atoms with Crippen LogP contribution in [0.25, 0.3) is 0 Å². The molecule has 0 spiro atoms. The summed E-state index contributed by atoms with van der Waals surface area (Å²) >= 11 is 0. The molecule has 8 heteroatoms. The van der Waals surface area contributed by atoms with Crippen molar-refractivity contribution in [3.05, 3.63) is 0 Å². The van der Waals surface area contributed by atoms with Crippen LogP contribution in [0.5, 0.6) is 0 Å². The second-order valence-electron chi connectivity index (χ2n) is 14.2. The van der Waals surface area contributed by atoms with E-state index in [0.717, 1.165) is 77.0 Å². The van der Waals surface area contributed by atoms with E-state index in [2.05, 4.69) is 27.7 Å². The molecule has 50 heavy (non-hydrogen) atoms. The van der Waals surface area contributed by atoms with E-state index < -0.39 is 35.7 Å². The van der Waals surface area contributed by atoms with E-state index in [1.165, 1.54) is 77.0 Å². The molecule has 0 aromatic heterocycles. The second-order valence-corrected chi connectivity index (χ2v) is 14.2. The van der Waals surface area contributed by atoms with E-state index in [1.807, 2.05) is 0 Å². The summed E-state index contributed by atoms with van der Waals surface area (Å²) in [5, 5.41) is 0. The van der Waals surface area contributed by atoms with Crippen molar-refractivity contribution >= 4 is 23.9 Å². The van der Waals surface area contributed by atoms with Gasteiger partial charge >= 0.3 is 23.9 Å². The molecular weight excluding hydrogens is 632 g/mol. The van der Waals surface area contributed by atoms with Crippen molar-refractivity contribution in [2.75, 3.05) is 26.4 Å². The van der Waals surface area contributed by atoms with Crippen LogP contribution >= 0.6 is 0 Å². The fourth-order valence-corrected chi connectivity index (χ4v) is 6.02. The second kappa shape index (κ2) is 35.3. The molecule has 0 aliphatic carbocycles. The monoisotopic (exact) mass is 711 g/mol. The third-order valence-corrected chi connectivity index (χ3v) is 9.41. The van der Waals surface area contributed by atoms with E-state index in [-0.39, 0.29) is 26.4 Å².